The van der Waals surface area contributed by atoms with Crippen LogP contribution in [0.2, 0.25) is 0 Å². The van der Waals surface area contributed by atoms with E-state index in [1.807, 2.05) is 6.92 Å². The van der Waals surface area contributed by atoms with Crippen molar-refractivity contribution in [3.05, 3.63) is 71.8 Å². The molecule has 0 heterocycles. The Kier molecular flexibility index (Phi) is 6.68. The summed E-state index contributed by atoms with van der Waals surface area (Å²) in [5.74, 6) is -0.0333. The number of carbonyl (C=O) groups excluding carboxylic acids is 1. The molecule has 3 heteroatoms. The van der Waals surface area contributed by atoms with Crippen LogP contribution in [0, 0.1) is 5.41 Å². The highest BCUT2D eigenvalue weighted by molar-refractivity contribution is 5.76. The number of nitrogens with zero attached hydrogens (tertiary/aromatic N) is 1. The predicted molar refractivity (Wildman–Crippen MR) is 109 cm³/mol. The van der Waals surface area contributed by atoms with Gasteiger partial charge in [-0.1, -0.05) is 67.1 Å². The highest BCUT2D eigenvalue weighted by Gasteiger charge is 2.41. The Labute approximate surface area is 163 Å². The van der Waals surface area contributed by atoms with Crippen molar-refractivity contribution >= 4 is 5.97 Å². The summed E-state index contributed by atoms with van der Waals surface area (Å²) >= 11 is 0. The first kappa shape index (κ1) is 19.6. The number of benzene rings is 2. The van der Waals surface area contributed by atoms with E-state index in [2.05, 4.69) is 72.5 Å². The number of rotatable bonds is 7. The summed E-state index contributed by atoms with van der Waals surface area (Å²) in [5, 5.41) is 0. The van der Waals surface area contributed by atoms with Gasteiger partial charge in [-0.25, -0.2) is 0 Å². The van der Waals surface area contributed by atoms with E-state index in [-0.39, 0.29) is 11.4 Å². The van der Waals surface area contributed by atoms with Gasteiger partial charge in [-0.05, 0) is 44.2 Å². The molecule has 27 heavy (non-hydrogen) atoms. The molecule has 0 amide bonds. The molecule has 2 aromatic rings. The van der Waals surface area contributed by atoms with Crippen molar-refractivity contribution in [1.29, 1.82) is 0 Å². The lowest BCUT2D eigenvalue weighted by molar-refractivity contribution is -0.157. The molecule has 2 unspecified atom stereocenters. The molecule has 0 radical (unpaired) electrons. The van der Waals surface area contributed by atoms with Gasteiger partial charge >= 0.3 is 5.97 Å². The SMILES string of the molecule is CCOC(=O)C1(C)CCCC(N(Cc2ccccc2)Cc2ccccc2)C1. The minimum Gasteiger partial charge on any atom is -0.466 e. The van der Waals surface area contributed by atoms with Gasteiger partial charge in [0.05, 0.1) is 12.0 Å². The third-order valence-corrected chi connectivity index (χ3v) is 5.69. The predicted octanol–water partition coefficient (Wildman–Crippen LogP) is 5.20. The van der Waals surface area contributed by atoms with Crippen molar-refractivity contribution in [3.63, 3.8) is 0 Å². The van der Waals surface area contributed by atoms with Crippen LogP contribution in [0.4, 0.5) is 0 Å². The summed E-state index contributed by atoms with van der Waals surface area (Å²) < 4.78 is 5.39. The van der Waals surface area contributed by atoms with E-state index in [0.29, 0.717) is 12.6 Å². The molecule has 0 N–H and O–H groups in total. The van der Waals surface area contributed by atoms with Gasteiger partial charge in [0, 0.05) is 19.1 Å². The maximum Gasteiger partial charge on any atom is 0.311 e. The van der Waals surface area contributed by atoms with E-state index in [4.69, 9.17) is 4.74 Å². The van der Waals surface area contributed by atoms with E-state index in [1.165, 1.54) is 11.1 Å². The van der Waals surface area contributed by atoms with Crippen molar-refractivity contribution in [2.45, 2.75) is 58.7 Å². The van der Waals surface area contributed by atoms with Crippen LogP contribution in [0.5, 0.6) is 0 Å². The van der Waals surface area contributed by atoms with E-state index in [0.717, 1.165) is 38.8 Å². The molecule has 3 nitrogen and oxygen atoms in total. The Morgan fingerprint density at radius 1 is 1.04 bits per heavy atom. The van der Waals surface area contributed by atoms with E-state index < -0.39 is 0 Å². The van der Waals surface area contributed by atoms with Crippen LogP contribution in [-0.4, -0.2) is 23.5 Å². The molecule has 1 aliphatic rings. The normalized spacial score (nSPS) is 22.6. The van der Waals surface area contributed by atoms with Gasteiger partial charge in [0.15, 0.2) is 0 Å². The zero-order valence-electron chi connectivity index (χ0n) is 16.6. The molecule has 1 saturated carbocycles. The highest BCUT2D eigenvalue weighted by Crippen LogP contribution is 2.39. The van der Waals surface area contributed by atoms with E-state index in [1.54, 1.807) is 0 Å². The Morgan fingerprint density at radius 2 is 1.59 bits per heavy atom. The molecule has 1 aliphatic carbocycles. The first-order chi connectivity index (χ1) is 13.1. The Bertz CT molecular complexity index is 674. The van der Waals surface area contributed by atoms with Crippen LogP contribution in [0.15, 0.2) is 60.7 Å². The average Bonchev–Trinajstić information content (AvgIpc) is 2.69. The van der Waals surface area contributed by atoms with Gasteiger partial charge in [-0.15, -0.1) is 0 Å². The molecular weight excluding hydrogens is 334 g/mol. The first-order valence-corrected chi connectivity index (χ1v) is 10.1. The average molecular weight is 366 g/mol. The minimum atomic E-state index is -0.370. The summed E-state index contributed by atoms with van der Waals surface area (Å²) in [6.07, 6.45) is 3.99. The van der Waals surface area contributed by atoms with Crippen LogP contribution >= 0.6 is 0 Å². The third kappa shape index (κ3) is 5.20. The van der Waals surface area contributed by atoms with Crippen LogP contribution in [0.1, 0.15) is 50.7 Å². The van der Waals surface area contributed by atoms with Crippen molar-refractivity contribution < 1.29 is 9.53 Å². The molecule has 3 rings (SSSR count). The quantitative estimate of drug-likeness (QED) is 0.632. The number of carbonyl (C=O) groups is 1. The Balaban J connectivity index is 1.79. The lowest BCUT2D eigenvalue weighted by Crippen LogP contribution is -2.44. The van der Waals surface area contributed by atoms with E-state index >= 15 is 0 Å². The fourth-order valence-electron chi connectivity index (χ4n) is 4.20. The van der Waals surface area contributed by atoms with Crippen molar-refractivity contribution in [3.8, 4) is 0 Å². The Morgan fingerprint density at radius 3 is 2.11 bits per heavy atom. The van der Waals surface area contributed by atoms with Gasteiger partial charge in [-0.2, -0.15) is 0 Å². The van der Waals surface area contributed by atoms with Crippen molar-refractivity contribution in [2.24, 2.45) is 5.41 Å². The summed E-state index contributed by atoms with van der Waals surface area (Å²) in [6.45, 7) is 6.23. The fourth-order valence-corrected chi connectivity index (χ4v) is 4.20. The number of ether oxygens (including phenoxy) is 1. The number of hydrogen-bond donors (Lipinski definition) is 0. The Hall–Kier alpha value is -2.13. The van der Waals surface area contributed by atoms with Gasteiger partial charge < -0.3 is 4.74 Å². The van der Waals surface area contributed by atoms with Crippen LogP contribution in [-0.2, 0) is 22.6 Å². The smallest absolute Gasteiger partial charge is 0.311 e. The second-order valence-corrected chi connectivity index (χ2v) is 7.91. The molecule has 0 aromatic heterocycles. The van der Waals surface area contributed by atoms with Crippen LogP contribution in [0.3, 0.4) is 0 Å². The molecule has 144 valence electrons. The molecular formula is C24H31NO2. The maximum absolute atomic E-state index is 12.6. The fraction of sp³-hybridized carbons (Fsp3) is 0.458. The van der Waals surface area contributed by atoms with Crippen LogP contribution < -0.4 is 0 Å². The van der Waals surface area contributed by atoms with Crippen molar-refractivity contribution in [1.82, 2.24) is 4.90 Å². The number of hydrogen-bond acceptors (Lipinski definition) is 3. The zero-order chi connectivity index (χ0) is 19.1. The molecule has 2 aromatic carbocycles. The van der Waals surface area contributed by atoms with Crippen molar-refractivity contribution in [2.75, 3.05) is 6.61 Å². The summed E-state index contributed by atoms with van der Waals surface area (Å²) in [5.41, 5.74) is 2.26. The van der Waals surface area contributed by atoms with Gasteiger partial charge in [0.2, 0.25) is 0 Å². The monoisotopic (exact) mass is 365 g/mol. The lowest BCUT2D eigenvalue weighted by atomic mass is 9.73. The lowest BCUT2D eigenvalue weighted by Gasteiger charge is -2.41. The summed E-state index contributed by atoms with van der Waals surface area (Å²) in [6, 6.07) is 21.6. The number of esters is 1. The van der Waals surface area contributed by atoms with Gasteiger partial charge in [-0.3, -0.25) is 9.69 Å². The molecule has 2 atom stereocenters. The largest absolute Gasteiger partial charge is 0.466 e. The topological polar surface area (TPSA) is 29.5 Å². The van der Waals surface area contributed by atoms with E-state index in [9.17, 15) is 4.79 Å². The third-order valence-electron chi connectivity index (χ3n) is 5.69. The van der Waals surface area contributed by atoms with Gasteiger partial charge in [0.1, 0.15) is 0 Å². The minimum absolute atomic E-state index is 0.0333. The highest BCUT2D eigenvalue weighted by atomic mass is 16.5. The molecule has 0 spiro atoms. The molecule has 0 bridgehead atoms. The van der Waals surface area contributed by atoms with Crippen LogP contribution in [0.25, 0.3) is 0 Å². The summed E-state index contributed by atoms with van der Waals surface area (Å²) in [7, 11) is 0. The molecule has 0 aliphatic heterocycles. The summed E-state index contributed by atoms with van der Waals surface area (Å²) in [4.78, 5) is 15.1. The van der Waals surface area contributed by atoms with Gasteiger partial charge in [0.25, 0.3) is 0 Å². The first-order valence-electron chi connectivity index (χ1n) is 10.1. The maximum atomic E-state index is 12.6. The molecule has 1 fully saturated rings. The second kappa shape index (κ2) is 9.18. The zero-order valence-corrected chi connectivity index (χ0v) is 16.6. The molecule has 0 saturated heterocycles. The standard InChI is InChI=1S/C24H31NO2/c1-3-27-23(26)24(2)16-10-15-22(17-24)25(18-20-11-6-4-7-12-20)19-21-13-8-5-9-14-21/h4-9,11-14,22H,3,10,15-19H2,1-2H3. The second-order valence-electron chi connectivity index (χ2n) is 7.91.